The summed E-state index contributed by atoms with van der Waals surface area (Å²) >= 11 is 6.23. The lowest BCUT2D eigenvalue weighted by atomic mass is 10.1. The molecule has 0 atom stereocenters. The number of hydrogen-bond donors (Lipinski definition) is 0. The molecule has 0 amide bonds. The number of hydrogen-bond acceptors (Lipinski definition) is 1. The van der Waals surface area contributed by atoms with Gasteiger partial charge in [0.25, 0.3) is 0 Å². The van der Waals surface area contributed by atoms with Gasteiger partial charge < -0.3 is 9.47 Å². The van der Waals surface area contributed by atoms with Crippen LogP contribution in [0.15, 0.2) is 36.9 Å². The molecule has 0 saturated carbocycles. The van der Waals surface area contributed by atoms with Crippen molar-refractivity contribution in [2.24, 2.45) is 0 Å². The molecular weight excluding hydrogens is 385 g/mol. The van der Waals surface area contributed by atoms with E-state index in [4.69, 9.17) is 11.6 Å². The number of fused-ring (bicyclic) bond motifs is 3. The van der Waals surface area contributed by atoms with Gasteiger partial charge in [0.05, 0.1) is 5.56 Å². The van der Waals surface area contributed by atoms with Gasteiger partial charge in [0.1, 0.15) is 17.5 Å². The third kappa shape index (κ3) is 3.33. The first-order valence-electron chi connectivity index (χ1n) is 9.16. The van der Waals surface area contributed by atoms with E-state index in [2.05, 4.69) is 23.1 Å². The molecule has 4 rings (SSSR count). The first-order valence-corrected chi connectivity index (χ1v) is 9.53. The SMILES string of the molecule is C=C(Cn1c2c(c3cc(Cl)ccc31)CCN(C)CC2)c1c(F)cc(F)cc1F. The molecule has 0 saturated heterocycles. The number of halogens is 4. The van der Waals surface area contributed by atoms with Gasteiger partial charge in [-0.1, -0.05) is 18.2 Å². The summed E-state index contributed by atoms with van der Waals surface area (Å²) in [4.78, 5) is 2.26. The molecule has 0 unspecified atom stereocenters. The van der Waals surface area contributed by atoms with E-state index in [0.717, 1.165) is 42.5 Å². The summed E-state index contributed by atoms with van der Waals surface area (Å²) in [7, 11) is 2.08. The van der Waals surface area contributed by atoms with E-state index >= 15 is 0 Å². The molecule has 1 aromatic heterocycles. The molecule has 0 radical (unpaired) electrons. The van der Waals surface area contributed by atoms with Crippen LogP contribution in [0.4, 0.5) is 13.2 Å². The molecule has 0 spiro atoms. The van der Waals surface area contributed by atoms with E-state index in [1.54, 1.807) is 0 Å². The summed E-state index contributed by atoms with van der Waals surface area (Å²) in [5.41, 5.74) is 3.31. The van der Waals surface area contributed by atoms with Gasteiger partial charge in [-0.05, 0) is 42.8 Å². The van der Waals surface area contributed by atoms with Crippen molar-refractivity contribution in [3.05, 3.63) is 76.2 Å². The summed E-state index contributed by atoms with van der Waals surface area (Å²) < 4.78 is 43.8. The smallest absolute Gasteiger partial charge is 0.136 e. The van der Waals surface area contributed by atoms with Crippen LogP contribution in [-0.4, -0.2) is 29.6 Å². The van der Waals surface area contributed by atoms with Crippen molar-refractivity contribution in [3.8, 4) is 0 Å². The van der Waals surface area contributed by atoms with Gasteiger partial charge in [0, 0.05) is 59.8 Å². The molecule has 0 bridgehead atoms. The normalized spacial score (nSPS) is 14.9. The molecule has 0 fully saturated rings. The quantitative estimate of drug-likeness (QED) is 0.563. The zero-order valence-electron chi connectivity index (χ0n) is 15.5. The fraction of sp³-hybridized carbons (Fsp3) is 0.273. The summed E-state index contributed by atoms with van der Waals surface area (Å²) in [5, 5.41) is 1.71. The predicted molar refractivity (Wildman–Crippen MR) is 107 cm³/mol. The van der Waals surface area contributed by atoms with Gasteiger partial charge in [-0.3, -0.25) is 0 Å². The number of aromatic nitrogens is 1. The van der Waals surface area contributed by atoms with Gasteiger partial charge in [0.15, 0.2) is 0 Å². The molecule has 0 aliphatic carbocycles. The van der Waals surface area contributed by atoms with Crippen LogP contribution in [0, 0.1) is 17.5 Å². The molecule has 2 aromatic carbocycles. The molecule has 1 aliphatic rings. The lowest BCUT2D eigenvalue weighted by molar-refractivity contribution is 0.351. The van der Waals surface area contributed by atoms with Crippen molar-refractivity contribution in [2.45, 2.75) is 19.4 Å². The maximum Gasteiger partial charge on any atom is 0.136 e. The second kappa shape index (κ2) is 7.30. The van der Waals surface area contributed by atoms with Crippen molar-refractivity contribution < 1.29 is 13.2 Å². The highest BCUT2D eigenvalue weighted by Gasteiger charge is 2.22. The van der Waals surface area contributed by atoms with Gasteiger partial charge in [-0.2, -0.15) is 0 Å². The van der Waals surface area contributed by atoms with E-state index in [9.17, 15) is 13.2 Å². The van der Waals surface area contributed by atoms with Crippen LogP contribution in [0.2, 0.25) is 5.02 Å². The lowest BCUT2D eigenvalue weighted by Gasteiger charge is -2.16. The molecule has 2 nitrogen and oxygen atoms in total. The maximum absolute atomic E-state index is 14.2. The highest BCUT2D eigenvalue weighted by atomic mass is 35.5. The highest BCUT2D eigenvalue weighted by molar-refractivity contribution is 6.31. The van der Waals surface area contributed by atoms with Crippen LogP contribution in [-0.2, 0) is 19.4 Å². The van der Waals surface area contributed by atoms with Crippen molar-refractivity contribution in [1.29, 1.82) is 0 Å². The van der Waals surface area contributed by atoms with E-state index < -0.39 is 17.5 Å². The number of allylic oxidation sites excluding steroid dienone is 1. The number of nitrogens with zero attached hydrogens (tertiary/aromatic N) is 2. The zero-order chi connectivity index (χ0) is 20.0. The van der Waals surface area contributed by atoms with E-state index in [0.29, 0.717) is 17.2 Å². The third-order valence-electron chi connectivity index (χ3n) is 5.43. The van der Waals surface area contributed by atoms with Gasteiger partial charge in [-0.25, -0.2) is 13.2 Å². The Labute approximate surface area is 166 Å². The van der Waals surface area contributed by atoms with Crippen LogP contribution in [0.5, 0.6) is 0 Å². The van der Waals surface area contributed by atoms with Crippen LogP contribution in [0.25, 0.3) is 16.5 Å². The van der Waals surface area contributed by atoms with Gasteiger partial charge >= 0.3 is 0 Å². The van der Waals surface area contributed by atoms with Gasteiger partial charge in [-0.15, -0.1) is 0 Å². The molecule has 28 heavy (non-hydrogen) atoms. The van der Waals surface area contributed by atoms with Crippen molar-refractivity contribution in [2.75, 3.05) is 20.1 Å². The van der Waals surface area contributed by atoms with E-state index in [-0.39, 0.29) is 17.7 Å². The number of benzene rings is 2. The average Bonchev–Trinajstić information content (AvgIpc) is 2.75. The second-order valence-electron chi connectivity index (χ2n) is 7.32. The Morgan fingerprint density at radius 2 is 1.75 bits per heavy atom. The zero-order valence-corrected chi connectivity index (χ0v) is 16.3. The minimum atomic E-state index is -0.940. The standard InChI is InChI=1S/C22H20ClF3N2/c1-13(22-18(25)10-15(24)11-19(22)26)12-28-20-4-3-14(23)9-17(20)16-5-7-27(2)8-6-21(16)28/h3-4,9-11H,1,5-8,12H2,2H3. The van der Waals surface area contributed by atoms with Crippen LogP contribution in [0.3, 0.4) is 0 Å². The topological polar surface area (TPSA) is 8.17 Å². The molecule has 146 valence electrons. The monoisotopic (exact) mass is 404 g/mol. The molecule has 3 aromatic rings. The van der Waals surface area contributed by atoms with Crippen LogP contribution >= 0.6 is 11.6 Å². The molecular formula is C22H20ClF3N2. The minimum absolute atomic E-state index is 0.219. The Hall–Kier alpha value is -2.24. The van der Waals surface area contributed by atoms with Crippen molar-refractivity contribution >= 4 is 28.1 Å². The average molecular weight is 405 g/mol. The first-order chi connectivity index (χ1) is 13.3. The number of likely N-dealkylation sites (N-methyl/N-ethyl adjacent to an activating group) is 1. The predicted octanol–water partition coefficient (Wildman–Crippen LogP) is 5.46. The largest absolute Gasteiger partial charge is 0.340 e. The molecule has 2 heterocycles. The van der Waals surface area contributed by atoms with Gasteiger partial charge in [0.2, 0.25) is 0 Å². The van der Waals surface area contributed by atoms with Crippen molar-refractivity contribution in [1.82, 2.24) is 9.47 Å². The van der Waals surface area contributed by atoms with E-state index in [1.165, 1.54) is 5.56 Å². The molecule has 0 N–H and O–H groups in total. The number of rotatable bonds is 3. The fourth-order valence-electron chi connectivity index (χ4n) is 4.06. The maximum atomic E-state index is 14.2. The Morgan fingerprint density at radius 3 is 2.46 bits per heavy atom. The molecule has 6 heteroatoms. The van der Waals surface area contributed by atoms with Crippen LogP contribution < -0.4 is 0 Å². The minimum Gasteiger partial charge on any atom is -0.340 e. The first kappa shape index (κ1) is 19.1. The fourth-order valence-corrected chi connectivity index (χ4v) is 4.23. The third-order valence-corrected chi connectivity index (χ3v) is 5.67. The summed E-state index contributed by atoms with van der Waals surface area (Å²) in [6, 6.07) is 7.06. The Kier molecular flexibility index (Phi) is 4.98. The highest BCUT2D eigenvalue weighted by Crippen LogP contribution is 2.33. The summed E-state index contributed by atoms with van der Waals surface area (Å²) in [6.07, 6.45) is 1.70. The summed E-state index contributed by atoms with van der Waals surface area (Å²) in [6.45, 7) is 5.94. The van der Waals surface area contributed by atoms with E-state index in [1.807, 2.05) is 18.2 Å². The lowest BCUT2D eigenvalue weighted by Crippen LogP contribution is -2.21. The Balaban J connectivity index is 1.82. The van der Waals surface area contributed by atoms with Crippen molar-refractivity contribution in [3.63, 3.8) is 0 Å². The Bertz CT molecular complexity index is 1060. The molecule has 1 aliphatic heterocycles. The Morgan fingerprint density at radius 1 is 1.07 bits per heavy atom. The summed E-state index contributed by atoms with van der Waals surface area (Å²) in [5.74, 6) is -2.81. The van der Waals surface area contributed by atoms with Crippen LogP contribution in [0.1, 0.15) is 16.8 Å². The second-order valence-corrected chi connectivity index (χ2v) is 7.76.